The summed E-state index contributed by atoms with van der Waals surface area (Å²) in [5.41, 5.74) is 3.97. The minimum Gasteiger partial charge on any atom is -0.790 e. The Kier molecular flexibility index (Phi) is 17.6. The molecule has 7 atom stereocenters. The molecule has 58 heavy (non-hydrogen) atoms. The molecule has 0 aromatic carbocycles. The lowest BCUT2D eigenvalue weighted by atomic mass is 9.87. The fourth-order valence-electron chi connectivity index (χ4n) is 4.81. The maximum Gasteiger partial charge on any atom is 0.274 e. The van der Waals surface area contributed by atoms with Gasteiger partial charge in [0.2, 0.25) is 11.8 Å². The molecule has 0 spiro atoms. The number of aromatic nitrogens is 4. The number of aliphatic carboxylic acids is 1. The second kappa shape index (κ2) is 20.8. The number of nitrogen functional groups attached to an aromatic ring is 1. The lowest BCUT2D eigenvalue weighted by Crippen LogP contribution is -2.46. The number of ketones is 1. The minimum atomic E-state index is -5.95. The third-order valence-electron chi connectivity index (χ3n) is 7.69. The topological polar surface area (TPSA) is 432 Å². The molecule has 2 aromatic rings. The molecular formula is C27H37N7O20P3S-5. The summed E-state index contributed by atoms with van der Waals surface area (Å²) in [7, 11) is -17.7. The van der Waals surface area contributed by atoms with Crippen LogP contribution in [-0.4, -0.2) is 115 Å². The van der Waals surface area contributed by atoms with Crippen molar-refractivity contribution in [2.75, 3.05) is 37.8 Å². The molecule has 27 nitrogen and oxygen atoms in total. The Morgan fingerprint density at radius 1 is 1.02 bits per heavy atom. The molecular weight excluding hydrogens is 867 g/mol. The molecule has 3 heterocycles. The fourth-order valence-corrected chi connectivity index (χ4v) is 8.24. The van der Waals surface area contributed by atoms with Gasteiger partial charge in [-0.15, -0.1) is 0 Å². The number of Topliss-reactive ketones (excluding diaryl/α,β-unsaturated/α-hetero) is 1. The fraction of sp³-hybridized carbons (Fsp3) is 0.630. The quantitative estimate of drug-likeness (QED) is 0.0373. The first-order valence-corrected chi connectivity index (χ1v) is 21.9. The molecule has 3 rings (SSSR count). The predicted octanol–water partition coefficient (Wildman–Crippen LogP) is -5.37. The predicted molar refractivity (Wildman–Crippen MR) is 182 cm³/mol. The summed E-state index contributed by atoms with van der Waals surface area (Å²) in [5.74, 6) is -3.67. The Morgan fingerprint density at radius 2 is 1.69 bits per heavy atom. The Bertz CT molecular complexity index is 1960. The highest BCUT2D eigenvalue weighted by molar-refractivity contribution is 8.13. The van der Waals surface area contributed by atoms with Crippen molar-refractivity contribution in [1.29, 1.82) is 0 Å². The number of thioether (sulfide) groups is 1. The highest BCUT2D eigenvalue weighted by atomic mass is 32.2. The molecule has 2 unspecified atom stereocenters. The molecule has 31 heteroatoms. The van der Waals surface area contributed by atoms with Gasteiger partial charge in [-0.2, -0.15) is 0 Å². The average Bonchev–Trinajstić information content (AvgIpc) is 3.67. The number of ether oxygens (including phenoxy) is 1. The van der Waals surface area contributed by atoms with Gasteiger partial charge in [-0.05, 0) is 6.42 Å². The molecule has 0 bridgehead atoms. The SMILES string of the molecule is CC(C)(COP(=O)([O-])OP(=O)([O-])OC[C@H]1O[C@@H](n2cnc3c(N)ncnc32)[C@H](O)[C@@H]1OP(=O)([O-])[O-])[C@@H](O)C(=O)NCCC(=O)NCCSC(=O)CC(=O)CCC(=O)[O-]. The van der Waals surface area contributed by atoms with Crippen molar-refractivity contribution in [3.63, 3.8) is 0 Å². The van der Waals surface area contributed by atoms with Crippen molar-refractivity contribution in [2.45, 2.75) is 70.2 Å². The maximum absolute atomic E-state index is 12.5. The molecule has 326 valence electrons. The third-order valence-corrected chi connectivity index (χ3v) is 11.6. The van der Waals surface area contributed by atoms with Crippen LogP contribution in [0, 0.1) is 5.41 Å². The molecule has 2 aromatic heterocycles. The summed E-state index contributed by atoms with van der Waals surface area (Å²) in [4.78, 5) is 118. The smallest absolute Gasteiger partial charge is 0.274 e. The number of imidazole rings is 1. The van der Waals surface area contributed by atoms with Crippen molar-refractivity contribution in [3.05, 3.63) is 12.7 Å². The Hall–Kier alpha value is -3.30. The van der Waals surface area contributed by atoms with Crippen LogP contribution < -0.4 is 41.0 Å². The number of carboxylic acids is 1. The van der Waals surface area contributed by atoms with E-state index in [-0.39, 0.29) is 48.7 Å². The maximum atomic E-state index is 12.5. The number of amides is 2. The van der Waals surface area contributed by atoms with Crippen LogP contribution in [0.25, 0.3) is 11.2 Å². The summed E-state index contributed by atoms with van der Waals surface area (Å²) in [6.07, 6.45) is -9.21. The number of carbonyl (C=O) groups excluding carboxylic acids is 5. The van der Waals surface area contributed by atoms with Crippen molar-refractivity contribution < 1.29 is 95.2 Å². The zero-order valence-electron chi connectivity index (χ0n) is 30.3. The number of phosphoric acid groups is 3. The van der Waals surface area contributed by atoms with Gasteiger partial charge in [-0.3, -0.25) is 32.9 Å². The van der Waals surface area contributed by atoms with Crippen molar-refractivity contribution in [2.24, 2.45) is 5.41 Å². The van der Waals surface area contributed by atoms with Gasteiger partial charge in [0.25, 0.3) is 15.6 Å². The van der Waals surface area contributed by atoms with E-state index in [1.807, 2.05) is 0 Å². The van der Waals surface area contributed by atoms with E-state index in [1.165, 1.54) is 0 Å². The normalized spacial score (nSPS) is 21.2. The van der Waals surface area contributed by atoms with E-state index in [2.05, 4.69) is 43.5 Å². The number of carboxylic acid groups (broad SMARTS) is 1. The number of nitrogens with zero attached hydrogens (tertiary/aromatic N) is 4. The van der Waals surface area contributed by atoms with E-state index in [0.717, 1.165) is 42.8 Å². The largest absolute Gasteiger partial charge is 0.790 e. The number of hydrogen-bond acceptors (Lipinski definition) is 25. The lowest BCUT2D eigenvalue weighted by molar-refractivity contribution is -0.347. The second-order valence-electron chi connectivity index (χ2n) is 12.8. The standard InChI is InChI=1S/C27H42N7O20P3S/c1-27(2,22(41)25(42)30-6-5-16(36)29-7-8-58-18(39)9-14(35)3-4-17(37)38)11-51-57(48,49)54-56(46,47)50-10-15-21(53-55(43,44)45)20(40)26(52-15)34-13-33-19-23(28)31-12-32-24(19)34/h12-13,15,20-22,26,40-41H,3-11H2,1-2H3,(H,29,36)(H,30,42)(H,37,38)(H,46,47)(H,48,49)(H2,28,31,32)(H2,43,44,45)/p-5/t15-,20-,21-,22+,26-/m1/s1. The number of nitrogens with one attached hydrogen (secondary N) is 2. The molecule has 1 fully saturated rings. The van der Waals surface area contributed by atoms with Crippen LogP contribution in [0.2, 0.25) is 0 Å². The monoisotopic (exact) mass is 904 g/mol. The number of anilines is 1. The first-order chi connectivity index (χ1) is 26.8. The number of phosphoric ester groups is 3. The van der Waals surface area contributed by atoms with Gasteiger partial charge in [0, 0.05) is 43.1 Å². The van der Waals surface area contributed by atoms with Gasteiger partial charge >= 0.3 is 0 Å². The van der Waals surface area contributed by atoms with Crippen LogP contribution in [-0.2, 0) is 60.3 Å². The van der Waals surface area contributed by atoms with Crippen molar-refractivity contribution in [3.8, 4) is 0 Å². The van der Waals surface area contributed by atoms with Crippen LogP contribution in [0.15, 0.2) is 12.7 Å². The third kappa shape index (κ3) is 15.4. The highest BCUT2D eigenvalue weighted by Crippen LogP contribution is 2.56. The van der Waals surface area contributed by atoms with E-state index in [1.54, 1.807) is 0 Å². The van der Waals surface area contributed by atoms with E-state index >= 15 is 0 Å². The molecule has 0 aliphatic carbocycles. The van der Waals surface area contributed by atoms with Crippen molar-refractivity contribution in [1.82, 2.24) is 30.2 Å². The first kappa shape index (κ1) is 49.1. The van der Waals surface area contributed by atoms with Crippen LogP contribution in [0.1, 0.15) is 45.8 Å². The molecule has 6 N–H and O–H groups in total. The van der Waals surface area contributed by atoms with E-state index in [4.69, 9.17) is 10.5 Å². The van der Waals surface area contributed by atoms with E-state index < -0.39 is 114 Å². The van der Waals surface area contributed by atoms with E-state index in [0.29, 0.717) is 0 Å². The average molecular weight is 905 g/mol. The van der Waals surface area contributed by atoms with Gasteiger partial charge in [-0.1, -0.05) is 25.6 Å². The number of aliphatic hydroxyl groups excluding tert-OH is 2. The summed E-state index contributed by atoms with van der Waals surface area (Å²) in [6.45, 7) is -0.345. The first-order valence-electron chi connectivity index (χ1n) is 16.5. The molecule has 1 aliphatic rings. The molecule has 0 saturated carbocycles. The number of rotatable bonds is 24. The number of aliphatic hydroxyl groups is 2. The van der Waals surface area contributed by atoms with E-state index in [9.17, 15) is 72.6 Å². The molecule has 0 radical (unpaired) electrons. The Morgan fingerprint density at radius 3 is 2.34 bits per heavy atom. The zero-order chi connectivity index (χ0) is 43.6. The molecule has 1 aliphatic heterocycles. The highest BCUT2D eigenvalue weighted by Gasteiger charge is 2.47. The van der Waals surface area contributed by atoms with Crippen molar-refractivity contribution >= 4 is 80.9 Å². The summed E-state index contributed by atoms with van der Waals surface area (Å²) in [5, 5.41) is 35.8. The Balaban J connectivity index is 1.46. The van der Waals surface area contributed by atoms with Gasteiger partial charge in [0.1, 0.15) is 42.0 Å². The number of fused-ring (bicyclic) bond motifs is 1. The summed E-state index contributed by atoms with van der Waals surface area (Å²) >= 11 is 0.737. The second-order valence-corrected chi connectivity index (χ2v) is 18.0. The number of carbonyl (C=O) groups is 5. The molecule has 2 amide bonds. The van der Waals surface area contributed by atoms with Gasteiger partial charge in [0.05, 0.1) is 33.8 Å². The van der Waals surface area contributed by atoms with Crippen LogP contribution in [0.3, 0.4) is 0 Å². The lowest BCUT2D eigenvalue weighted by Gasteiger charge is -2.36. The van der Waals surface area contributed by atoms with Gasteiger partial charge < -0.3 is 78.9 Å². The van der Waals surface area contributed by atoms with Crippen LogP contribution in [0.5, 0.6) is 0 Å². The van der Waals surface area contributed by atoms with Crippen LogP contribution >= 0.6 is 35.2 Å². The number of nitrogens with two attached hydrogens (primary N) is 1. The Labute approximate surface area is 331 Å². The zero-order valence-corrected chi connectivity index (χ0v) is 33.8. The van der Waals surface area contributed by atoms with Crippen LogP contribution in [0.4, 0.5) is 5.82 Å². The van der Waals surface area contributed by atoms with Gasteiger partial charge in [0.15, 0.2) is 22.8 Å². The van der Waals surface area contributed by atoms with Gasteiger partial charge in [-0.25, -0.2) is 19.3 Å². The summed E-state index contributed by atoms with van der Waals surface area (Å²) in [6, 6.07) is 0. The molecule has 1 saturated heterocycles. The minimum absolute atomic E-state index is 0.00264. The number of hydrogen-bond donors (Lipinski definition) is 5. The summed E-state index contributed by atoms with van der Waals surface area (Å²) < 4.78 is 60.3.